The summed E-state index contributed by atoms with van der Waals surface area (Å²) in [7, 11) is 0. The maximum atomic E-state index is 11.0. The average molecular weight is 389 g/mol. The highest BCUT2D eigenvalue weighted by molar-refractivity contribution is 9.10. The van der Waals surface area contributed by atoms with E-state index in [2.05, 4.69) is 15.9 Å². The second-order valence-electron chi connectivity index (χ2n) is 4.94. The van der Waals surface area contributed by atoms with Crippen LogP contribution in [0.2, 0.25) is 0 Å². The lowest BCUT2D eigenvalue weighted by Gasteiger charge is -2.13. The quantitative estimate of drug-likeness (QED) is 0.617. The van der Waals surface area contributed by atoms with Crippen molar-refractivity contribution in [3.05, 3.63) is 35.4 Å². The molecule has 0 saturated heterocycles. The van der Waals surface area contributed by atoms with Crippen LogP contribution in [0.5, 0.6) is 0 Å². The summed E-state index contributed by atoms with van der Waals surface area (Å²) in [6, 6.07) is 7.70. The van der Waals surface area contributed by atoms with Crippen LogP contribution in [0, 0.1) is 6.92 Å². The highest BCUT2D eigenvalue weighted by atomic mass is 79.9. The van der Waals surface area contributed by atoms with Gasteiger partial charge in [0.2, 0.25) is 0 Å². The Morgan fingerprint density at radius 1 is 1.09 bits per heavy atom. The van der Waals surface area contributed by atoms with Crippen molar-refractivity contribution in [2.45, 2.75) is 43.9 Å². The van der Waals surface area contributed by atoms with Gasteiger partial charge in [0.25, 0.3) is 0 Å². The van der Waals surface area contributed by atoms with E-state index in [0.717, 1.165) is 17.5 Å². The standard InChI is InChI=1S/C12H16O2.C4H5BrO4/c1-3-6-11(12(13)14)10-8-5-4-7-9(10)2;5-2(4(8)9)1-3(6)7/h4-5,7-8,11H,3,6H2,1-2H3,(H,13,14);2H,1H2,(H,6,7)(H,8,9). The van der Waals surface area contributed by atoms with Gasteiger partial charge in [0.15, 0.2) is 0 Å². The molecule has 0 amide bonds. The van der Waals surface area contributed by atoms with Crippen molar-refractivity contribution in [1.29, 1.82) is 0 Å². The number of carboxylic acids is 3. The van der Waals surface area contributed by atoms with E-state index >= 15 is 0 Å². The minimum Gasteiger partial charge on any atom is -0.481 e. The third-order valence-electron chi connectivity index (χ3n) is 3.06. The first-order chi connectivity index (χ1) is 10.7. The van der Waals surface area contributed by atoms with Crippen LogP contribution in [0.15, 0.2) is 24.3 Å². The van der Waals surface area contributed by atoms with Crippen molar-refractivity contribution < 1.29 is 29.7 Å². The Hall–Kier alpha value is -1.89. The highest BCUT2D eigenvalue weighted by Crippen LogP contribution is 2.24. The lowest BCUT2D eigenvalue weighted by atomic mass is 9.91. The van der Waals surface area contributed by atoms with Crippen LogP contribution in [-0.2, 0) is 14.4 Å². The summed E-state index contributed by atoms with van der Waals surface area (Å²) in [6.45, 7) is 3.97. The number of carboxylic acid groups (broad SMARTS) is 3. The Morgan fingerprint density at radius 3 is 2.00 bits per heavy atom. The van der Waals surface area contributed by atoms with Gasteiger partial charge >= 0.3 is 17.9 Å². The highest BCUT2D eigenvalue weighted by Gasteiger charge is 2.19. The van der Waals surface area contributed by atoms with Crippen molar-refractivity contribution in [3.63, 3.8) is 0 Å². The minimum atomic E-state index is -1.16. The summed E-state index contributed by atoms with van der Waals surface area (Å²) in [5.74, 6) is -3.35. The predicted molar refractivity (Wildman–Crippen MR) is 89.1 cm³/mol. The van der Waals surface area contributed by atoms with Crippen LogP contribution >= 0.6 is 15.9 Å². The molecule has 3 N–H and O–H groups in total. The fourth-order valence-electron chi connectivity index (χ4n) is 1.92. The van der Waals surface area contributed by atoms with Crippen LogP contribution in [0.3, 0.4) is 0 Å². The number of benzene rings is 1. The molecule has 0 spiro atoms. The topological polar surface area (TPSA) is 112 Å². The molecule has 0 aliphatic rings. The van der Waals surface area contributed by atoms with Crippen LogP contribution in [0.25, 0.3) is 0 Å². The zero-order valence-corrected chi connectivity index (χ0v) is 14.6. The summed E-state index contributed by atoms with van der Waals surface area (Å²) >= 11 is 2.66. The summed E-state index contributed by atoms with van der Waals surface area (Å²) in [6.07, 6.45) is 1.21. The second-order valence-corrected chi connectivity index (χ2v) is 6.05. The molecule has 1 aromatic rings. The Labute approximate surface area is 143 Å². The number of hydrogen-bond donors (Lipinski definition) is 3. The fraction of sp³-hybridized carbons (Fsp3) is 0.438. The molecule has 0 heterocycles. The van der Waals surface area contributed by atoms with Gasteiger partial charge in [0.05, 0.1) is 12.3 Å². The molecule has 0 fully saturated rings. The molecule has 2 atom stereocenters. The van der Waals surface area contributed by atoms with Gasteiger partial charge in [-0.05, 0) is 24.5 Å². The molecule has 23 heavy (non-hydrogen) atoms. The van der Waals surface area contributed by atoms with Gasteiger partial charge in [-0.15, -0.1) is 0 Å². The summed E-state index contributed by atoms with van der Waals surface area (Å²) in [5.41, 5.74) is 2.01. The van der Waals surface area contributed by atoms with E-state index in [1.807, 2.05) is 38.1 Å². The van der Waals surface area contributed by atoms with Crippen molar-refractivity contribution in [2.75, 3.05) is 0 Å². The fourth-order valence-corrected chi connectivity index (χ4v) is 2.20. The number of aryl methyl sites for hydroxylation is 1. The van der Waals surface area contributed by atoms with Gasteiger partial charge < -0.3 is 15.3 Å². The first-order valence-corrected chi connectivity index (χ1v) is 7.99. The minimum absolute atomic E-state index is 0.346. The van der Waals surface area contributed by atoms with Gasteiger partial charge in [-0.25, -0.2) is 0 Å². The van der Waals surface area contributed by atoms with Crippen LogP contribution in [-0.4, -0.2) is 38.1 Å². The first-order valence-electron chi connectivity index (χ1n) is 7.07. The van der Waals surface area contributed by atoms with E-state index in [0.29, 0.717) is 6.42 Å². The predicted octanol–water partition coefficient (Wildman–Crippen LogP) is 3.27. The SMILES string of the molecule is CCCC(C(=O)O)c1ccccc1C.O=C(O)CC(Br)C(=O)O. The van der Waals surface area contributed by atoms with E-state index < -0.39 is 29.2 Å². The Balaban J connectivity index is 0.000000468. The number of carbonyl (C=O) groups is 3. The third-order valence-corrected chi connectivity index (χ3v) is 3.78. The van der Waals surface area contributed by atoms with Crippen LogP contribution in [0.4, 0.5) is 0 Å². The van der Waals surface area contributed by atoms with Gasteiger partial charge in [0.1, 0.15) is 4.83 Å². The third kappa shape index (κ3) is 8.35. The largest absolute Gasteiger partial charge is 0.481 e. The smallest absolute Gasteiger partial charge is 0.317 e. The molecular formula is C16H21BrO6. The van der Waals surface area contributed by atoms with E-state index in [1.165, 1.54) is 0 Å². The van der Waals surface area contributed by atoms with Crippen molar-refractivity contribution >= 4 is 33.8 Å². The zero-order chi connectivity index (χ0) is 18.0. The number of aliphatic carboxylic acids is 3. The van der Waals surface area contributed by atoms with Gasteiger partial charge in [-0.3, -0.25) is 14.4 Å². The molecule has 0 aliphatic carbocycles. The zero-order valence-electron chi connectivity index (χ0n) is 13.0. The van der Waals surface area contributed by atoms with E-state index in [-0.39, 0.29) is 5.92 Å². The molecule has 0 aromatic heterocycles. The second kappa shape index (κ2) is 10.8. The molecule has 0 saturated carbocycles. The molecule has 1 aromatic carbocycles. The van der Waals surface area contributed by atoms with Crippen molar-refractivity contribution in [3.8, 4) is 0 Å². The molecule has 0 bridgehead atoms. The molecule has 6 nitrogen and oxygen atoms in total. The molecular weight excluding hydrogens is 368 g/mol. The molecule has 0 radical (unpaired) electrons. The van der Waals surface area contributed by atoms with Gasteiger partial charge in [-0.2, -0.15) is 0 Å². The summed E-state index contributed by atoms with van der Waals surface area (Å²) in [5, 5.41) is 25.2. The normalized spacial score (nSPS) is 12.5. The van der Waals surface area contributed by atoms with Crippen LogP contribution < -0.4 is 0 Å². The lowest BCUT2D eigenvalue weighted by molar-refractivity contribution is -0.142. The van der Waals surface area contributed by atoms with Gasteiger partial charge in [0, 0.05) is 0 Å². The average Bonchev–Trinajstić information content (AvgIpc) is 2.45. The molecule has 7 heteroatoms. The molecule has 2 unspecified atom stereocenters. The number of halogens is 1. The lowest BCUT2D eigenvalue weighted by Crippen LogP contribution is -2.16. The monoisotopic (exact) mass is 388 g/mol. The van der Waals surface area contributed by atoms with Crippen LogP contribution in [0.1, 0.15) is 43.2 Å². The van der Waals surface area contributed by atoms with E-state index in [1.54, 1.807) is 0 Å². The first kappa shape index (κ1) is 21.1. The van der Waals surface area contributed by atoms with E-state index in [9.17, 15) is 14.4 Å². The molecule has 0 aliphatic heterocycles. The Kier molecular flexibility index (Phi) is 9.89. The summed E-state index contributed by atoms with van der Waals surface area (Å²) < 4.78 is 0. The summed E-state index contributed by atoms with van der Waals surface area (Å²) in [4.78, 5) is 29.8. The number of rotatable bonds is 7. The Bertz CT molecular complexity index is 543. The maximum Gasteiger partial charge on any atom is 0.317 e. The molecule has 1 rings (SSSR count). The van der Waals surface area contributed by atoms with Crippen molar-refractivity contribution in [2.24, 2.45) is 0 Å². The Morgan fingerprint density at radius 2 is 1.65 bits per heavy atom. The molecule has 128 valence electrons. The number of alkyl halides is 1. The van der Waals surface area contributed by atoms with E-state index in [4.69, 9.17) is 15.3 Å². The van der Waals surface area contributed by atoms with Crippen molar-refractivity contribution in [1.82, 2.24) is 0 Å². The maximum absolute atomic E-state index is 11.0. The number of hydrogen-bond acceptors (Lipinski definition) is 3. The van der Waals surface area contributed by atoms with Gasteiger partial charge in [-0.1, -0.05) is 53.5 Å².